The Morgan fingerprint density at radius 2 is 1.88 bits per heavy atom. The first kappa shape index (κ1) is 17.7. The predicted octanol–water partition coefficient (Wildman–Crippen LogP) is 1.28. The maximum Gasteiger partial charge on any atom is 0.330 e. The monoisotopic (exact) mass is 331 g/mol. The number of rotatable bonds is 5. The second-order valence-electron chi connectivity index (χ2n) is 6.13. The van der Waals surface area contributed by atoms with E-state index in [1.54, 1.807) is 18.9 Å². The van der Waals surface area contributed by atoms with Crippen LogP contribution in [-0.2, 0) is 19.1 Å². The van der Waals surface area contributed by atoms with Gasteiger partial charge in [0.25, 0.3) is 5.91 Å². The largest absolute Gasteiger partial charge is 0.467 e. The van der Waals surface area contributed by atoms with Crippen LogP contribution in [0.25, 0.3) is 0 Å². The highest BCUT2D eigenvalue weighted by atomic mass is 16.5. The van der Waals surface area contributed by atoms with E-state index in [2.05, 4.69) is 15.2 Å². The quantitative estimate of drug-likeness (QED) is 0.821. The average molecular weight is 331 g/mol. The topological polar surface area (TPSA) is 88.1 Å². The van der Waals surface area contributed by atoms with Crippen LogP contribution in [0.1, 0.15) is 27.2 Å². The SMILES string of the molecule is COC(=O)C(C)(C)NC(=O)C1=NN(c2ccccc2)[C@@H](C(C)=O)C1. The summed E-state index contributed by atoms with van der Waals surface area (Å²) in [5, 5.41) is 8.44. The number of benzene rings is 1. The van der Waals surface area contributed by atoms with Gasteiger partial charge in [-0.25, -0.2) is 4.79 Å². The van der Waals surface area contributed by atoms with E-state index in [0.29, 0.717) is 0 Å². The number of hydrogen-bond acceptors (Lipinski definition) is 6. The molecule has 1 aliphatic heterocycles. The summed E-state index contributed by atoms with van der Waals surface area (Å²) < 4.78 is 4.67. The van der Waals surface area contributed by atoms with E-state index >= 15 is 0 Å². The lowest BCUT2D eigenvalue weighted by Gasteiger charge is -2.22. The van der Waals surface area contributed by atoms with Crippen molar-refractivity contribution in [3.8, 4) is 0 Å². The Hall–Kier alpha value is -2.70. The number of hydrogen-bond donors (Lipinski definition) is 1. The van der Waals surface area contributed by atoms with Crippen molar-refractivity contribution in [1.82, 2.24) is 5.32 Å². The number of para-hydroxylation sites is 1. The first-order chi connectivity index (χ1) is 11.3. The third kappa shape index (κ3) is 3.61. The van der Waals surface area contributed by atoms with Crippen molar-refractivity contribution in [2.24, 2.45) is 5.10 Å². The Bertz CT molecular complexity index is 682. The zero-order chi connectivity index (χ0) is 17.9. The van der Waals surface area contributed by atoms with Crippen molar-refractivity contribution in [2.45, 2.75) is 38.8 Å². The fourth-order valence-electron chi connectivity index (χ4n) is 2.44. The summed E-state index contributed by atoms with van der Waals surface area (Å²) in [5.41, 5.74) is -0.246. The molecular weight excluding hydrogens is 310 g/mol. The fourth-order valence-corrected chi connectivity index (χ4v) is 2.44. The molecule has 24 heavy (non-hydrogen) atoms. The van der Waals surface area contributed by atoms with Crippen LogP contribution in [0.2, 0.25) is 0 Å². The van der Waals surface area contributed by atoms with Crippen molar-refractivity contribution in [2.75, 3.05) is 12.1 Å². The van der Waals surface area contributed by atoms with Crippen LogP contribution in [0.3, 0.4) is 0 Å². The van der Waals surface area contributed by atoms with Crippen LogP contribution in [0.5, 0.6) is 0 Å². The Morgan fingerprint density at radius 3 is 2.42 bits per heavy atom. The number of amides is 1. The lowest BCUT2D eigenvalue weighted by molar-refractivity contribution is -0.148. The molecule has 1 amide bonds. The number of methoxy groups -OCH3 is 1. The number of ketones is 1. The summed E-state index contributed by atoms with van der Waals surface area (Å²) in [7, 11) is 1.26. The predicted molar refractivity (Wildman–Crippen MR) is 89.7 cm³/mol. The molecule has 0 bridgehead atoms. The number of nitrogens with zero attached hydrogens (tertiary/aromatic N) is 2. The van der Waals surface area contributed by atoms with Crippen LogP contribution >= 0.6 is 0 Å². The van der Waals surface area contributed by atoms with Crippen molar-refractivity contribution >= 4 is 29.1 Å². The molecule has 7 nitrogen and oxygen atoms in total. The van der Waals surface area contributed by atoms with Gasteiger partial charge in [-0.3, -0.25) is 14.6 Å². The Morgan fingerprint density at radius 1 is 1.25 bits per heavy atom. The normalized spacial score (nSPS) is 17.2. The maximum atomic E-state index is 12.4. The van der Waals surface area contributed by atoms with E-state index in [9.17, 15) is 14.4 Å². The molecule has 0 unspecified atom stereocenters. The molecule has 1 heterocycles. The zero-order valence-corrected chi connectivity index (χ0v) is 14.2. The van der Waals surface area contributed by atoms with Gasteiger partial charge < -0.3 is 10.1 Å². The number of Topliss-reactive ketones (excluding diaryl/α,β-unsaturated/α-hetero) is 1. The summed E-state index contributed by atoms with van der Waals surface area (Å²) in [5.74, 6) is -1.13. The average Bonchev–Trinajstić information content (AvgIpc) is 3.00. The third-order valence-corrected chi connectivity index (χ3v) is 3.78. The van der Waals surface area contributed by atoms with Crippen molar-refractivity contribution < 1.29 is 19.1 Å². The molecule has 2 rings (SSSR count). The summed E-state index contributed by atoms with van der Waals surface area (Å²) in [6.07, 6.45) is 0.188. The molecule has 1 atom stereocenters. The molecule has 0 aromatic heterocycles. The highest BCUT2D eigenvalue weighted by Crippen LogP contribution is 2.25. The van der Waals surface area contributed by atoms with E-state index < -0.39 is 23.5 Å². The molecule has 0 saturated carbocycles. The van der Waals surface area contributed by atoms with Crippen LogP contribution in [0.15, 0.2) is 35.4 Å². The van der Waals surface area contributed by atoms with Gasteiger partial charge in [0.05, 0.1) is 12.8 Å². The van der Waals surface area contributed by atoms with Crippen LogP contribution in [-0.4, -0.2) is 42.1 Å². The molecule has 1 N–H and O–H groups in total. The smallest absolute Gasteiger partial charge is 0.330 e. The van der Waals surface area contributed by atoms with Gasteiger partial charge in [-0.1, -0.05) is 18.2 Å². The van der Waals surface area contributed by atoms with Crippen molar-refractivity contribution in [1.29, 1.82) is 0 Å². The Labute approximate surface area is 140 Å². The molecule has 128 valence electrons. The number of carbonyl (C=O) groups excluding carboxylic acids is 3. The molecule has 1 aliphatic rings. The Balaban J connectivity index is 2.23. The van der Waals surface area contributed by atoms with Gasteiger partial charge in [0, 0.05) is 6.42 Å². The number of carbonyl (C=O) groups is 3. The van der Waals surface area contributed by atoms with Gasteiger partial charge in [0.2, 0.25) is 0 Å². The summed E-state index contributed by atoms with van der Waals surface area (Å²) in [4.78, 5) is 36.1. The second-order valence-corrected chi connectivity index (χ2v) is 6.13. The molecule has 0 spiro atoms. The second kappa shape index (κ2) is 6.82. The minimum atomic E-state index is -1.18. The van der Waals surface area contributed by atoms with Crippen LogP contribution < -0.4 is 10.3 Å². The number of nitrogens with one attached hydrogen (secondary N) is 1. The van der Waals surface area contributed by atoms with Crippen molar-refractivity contribution in [3.63, 3.8) is 0 Å². The molecular formula is C17H21N3O4. The molecule has 7 heteroatoms. The molecule has 1 aromatic carbocycles. The summed E-state index contributed by atoms with van der Waals surface area (Å²) in [6.45, 7) is 4.56. The molecule has 0 radical (unpaired) electrons. The number of hydrazone groups is 1. The fraction of sp³-hybridized carbons (Fsp3) is 0.412. The van der Waals surface area contributed by atoms with E-state index in [-0.39, 0.29) is 17.9 Å². The lowest BCUT2D eigenvalue weighted by atomic mass is 10.0. The van der Waals surface area contributed by atoms with Crippen LogP contribution in [0, 0.1) is 0 Å². The highest BCUT2D eigenvalue weighted by molar-refractivity contribution is 6.40. The zero-order valence-electron chi connectivity index (χ0n) is 14.2. The molecule has 0 saturated heterocycles. The number of esters is 1. The first-order valence-electron chi connectivity index (χ1n) is 7.59. The van der Waals surface area contributed by atoms with E-state index in [0.717, 1.165) is 5.69 Å². The van der Waals surface area contributed by atoms with E-state index in [1.165, 1.54) is 14.0 Å². The van der Waals surface area contributed by atoms with Gasteiger partial charge >= 0.3 is 5.97 Å². The van der Waals surface area contributed by atoms with Gasteiger partial charge in [0.15, 0.2) is 5.78 Å². The standard InChI is InChI=1S/C17H21N3O4/c1-11(21)14-10-13(15(22)18-17(2,3)16(23)24-4)19-20(14)12-8-6-5-7-9-12/h5-9,14H,10H2,1-4H3,(H,18,22)/t14-/m1/s1. The minimum absolute atomic E-state index is 0.0855. The van der Waals surface area contributed by atoms with Gasteiger partial charge in [-0.2, -0.15) is 5.10 Å². The van der Waals surface area contributed by atoms with E-state index in [1.807, 2.05) is 30.3 Å². The summed E-state index contributed by atoms with van der Waals surface area (Å²) in [6, 6.07) is 8.63. The van der Waals surface area contributed by atoms with Gasteiger partial charge in [-0.15, -0.1) is 0 Å². The van der Waals surface area contributed by atoms with Gasteiger partial charge in [0.1, 0.15) is 17.3 Å². The molecule has 0 fully saturated rings. The third-order valence-electron chi connectivity index (χ3n) is 3.78. The minimum Gasteiger partial charge on any atom is -0.467 e. The van der Waals surface area contributed by atoms with Crippen LogP contribution in [0.4, 0.5) is 5.69 Å². The molecule has 1 aromatic rings. The number of anilines is 1. The van der Waals surface area contributed by atoms with Gasteiger partial charge in [-0.05, 0) is 32.9 Å². The first-order valence-corrected chi connectivity index (χ1v) is 7.59. The summed E-state index contributed by atoms with van der Waals surface area (Å²) >= 11 is 0. The maximum absolute atomic E-state index is 12.4. The van der Waals surface area contributed by atoms with E-state index in [4.69, 9.17) is 0 Å². The Kier molecular flexibility index (Phi) is 5.02. The number of ether oxygens (including phenoxy) is 1. The lowest BCUT2D eigenvalue weighted by Crippen LogP contribution is -2.52. The van der Waals surface area contributed by atoms with Crippen molar-refractivity contribution in [3.05, 3.63) is 30.3 Å². The molecule has 0 aliphatic carbocycles. The highest BCUT2D eigenvalue weighted by Gasteiger charge is 2.37.